The number of carboxylic acids is 1. The second-order valence-electron chi connectivity index (χ2n) is 18.4. The Morgan fingerprint density at radius 3 is 1.35 bits per heavy atom. The van der Waals surface area contributed by atoms with E-state index in [0.717, 1.165) is 128 Å². The molecule has 0 aromatic carbocycles. The third-order valence-electron chi connectivity index (χ3n) is 11.7. The number of carbonyl (C=O) groups excluding carboxylic acids is 3. The van der Waals surface area contributed by atoms with Gasteiger partial charge in [-0.25, -0.2) is 4.79 Å². The summed E-state index contributed by atoms with van der Waals surface area (Å²) >= 11 is 0. The largest absolute Gasteiger partial charge is 0.479 e. The Balaban J connectivity index is 2.77. The van der Waals surface area contributed by atoms with Crippen molar-refractivity contribution in [2.45, 2.75) is 225 Å². The van der Waals surface area contributed by atoms with Gasteiger partial charge in [-0.3, -0.25) is 14.4 Å². The van der Waals surface area contributed by atoms with Crippen LogP contribution in [-0.2, 0) is 42.9 Å². The Bertz CT molecular complexity index is 1810. The summed E-state index contributed by atoms with van der Waals surface area (Å²) in [7, 11) is 0. The average molecular weight is 1050 g/mol. The number of unbranched alkanes of at least 4 members (excludes halogenated alkanes) is 9. The zero-order valence-corrected chi connectivity index (χ0v) is 46.0. The molecule has 6 unspecified atom stereocenters. The number of rotatable bonds is 45. The second kappa shape index (κ2) is 49.7. The molecule has 0 saturated carbocycles. The van der Waals surface area contributed by atoms with Crippen LogP contribution in [0.4, 0.5) is 0 Å². The highest BCUT2D eigenvalue weighted by molar-refractivity contribution is 5.74. The molecule has 75 heavy (non-hydrogen) atoms. The van der Waals surface area contributed by atoms with Crippen LogP contribution < -0.4 is 0 Å². The quantitative estimate of drug-likeness (QED) is 0.0228. The maximum atomic E-state index is 13.1. The van der Waals surface area contributed by atoms with E-state index in [9.17, 15) is 34.5 Å². The number of aliphatic hydroxyl groups excluding tert-OH is 2. The summed E-state index contributed by atoms with van der Waals surface area (Å²) in [6.45, 7) is 5.57. The smallest absolute Gasteiger partial charge is 0.335 e. The summed E-state index contributed by atoms with van der Waals surface area (Å²) < 4.78 is 28.2. The number of ether oxygens (including phenoxy) is 5. The topological polar surface area (TPSA) is 175 Å². The van der Waals surface area contributed by atoms with E-state index in [4.69, 9.17) is 23.7 Å². The number of carboxylic acid groups (broad SMARTS) is 1. The summed E-state index contributed by atoms with van der Waals surface area (Å²) in [5.41, 5.74) is 0. The Labute approximate surface area is 451 Å². The maximum absolute atomic E-state index is 13.1. The molecule has 0 aromatic heterocycles. The predicted molar refractivity (Wildman–Crippen MR) is 303 cm³/mol. The summed E-state index contributed by atoms with van der Waals surface area (Å²) in [5, 5.41) is 31.4. The molecule has 1 rings (SSSR count). The van der Waals surface area contributed by atoms with Crippen LogP contribution >= 0.6 is 0 Å². The van der Waals surface area contributed by atoms with E-state index < -0.39 is 67.3 Å². The van der Waals surface area contributed by atoms with Crippen molar-refractivity contribution in [1.82, 2.24) is 0 Å². The van der Waals surface area contributed by atoms with Crippen molar-refractivity contribution in [1.29, 1.82) is 0 Å². The van der Waals surface area contributed by atoms with Crippen LogP contribution in [-0.4, -0.2) is 89.2 Å². The van der Waals surface area contributed by atoms with Gasteiger partial charge in [-0.05, 0) is 116 Å². The normalized spacial score (nSPS) is 19.2. The molecule has 1 saturated heterocycles. The Morgan fingerprint density at radius 1 is 0.453 bits per heavy atom. The first-order valence-corrected chi connectivity index (χ1v) is 28.2. The molecule has 3 N–H and O–H groups in total. The van der Waals surface area contributed by atoms with Crippen molar-refractivity contribution in [2.75, 3.05) is 13.2 Å². The number of aliphatic hydroxyl groups is 2. The fourth-order valence-corrected chi connectivity index (χ4v) is 7.44. The van der Waals surface area contributed by atoms with Gasteiger partial charge < -0.3 is 39.0 Å². The molecular formula is C63H96O12. The molecule has 0 radical (unpaired) electrons. The third-order valence-corrected chi connectivity index (χ3v) is 11.7. The number of hydrogen-bond donors (Lipinski definition) is 3. The van der Waals surface area contributed by atoms with Crippen molar-refractivity contribution < 1.29 is 58.2 Å². The molecule has 420 valence electrons. The molecule has 6 atom stereocenters. The van der Waals surface area contributed by atoms with Crippen molar-refractivity contribution in [3.05, 3.63) is 134 Å². The number of aliphatic carboxylic acids is 1. The number of allylic oxidation sites excluding steroid dienone is 22. The molecule has 0 spiro atoms. The summed E-state index contributed by atoms with van der Waals surface area (Å²) in [6.07, 6.45) is 57.3. The van der Waals surface area contributed by atoms with Gasteiger partial charge in [0.15, 0.2) is 24.6 Å². The van der Waals surface area contributed by atoms with Crippen LogP contribution in [0.15, 0.2) is 134 Å². The van der Waals surface area contributed by atoms with Gasteiger partial charge in [0.25, 0.3) is 0 Å². The van der Waals surface area contributed by atoms with Crippen molar-refractivity contribution >= 4 is 23.9 Å². The van der Waals surface area contributed by atoms with E-state index in [0.29, 0.717) is 19.3 Å². The van der Waals surface area contributed by atoms with E-state index in [1.807, 2.05) is 12.2 Å². The first-order chi connectivity index (χ1) is 36.6. The standard InChI is InChI=1S/C63H96O12/c1-4-7-10-13-16-19-22-25-26-27-28-29-30-33-36-39-42-45-48-51-57(66)74-61-59(68)58(67)60(62(69)70)75-63(61)72-53-54(73-56(65)50-47-44-41-38-35-32-24-21-18-15-12-9-6-3)52-71-55(64)49-46-43-40-37-34-31-23-20-17-14-11-8-5-2/h7-8,10-12,15-17,19-21,24-26,28-29,31,33-34,36,40,43,54,58-61,63,67-68H,4-6,9,13-14,18,22-23,27,30,32,35,37-39,41-42,44-53H2,1-3H3,(H,69,70)/b10-7-,11-8-,15-12-,19-16-,20-17-,24-21-,26-25-,29-28-,34-31-,36-33-,43-40-. The molecule has 1 aliphatic rings. The van der Waals surface area contributed by atoms with E-state index >= 15 is 0 Å². The van der Waals surface area contributed by atoms with E-state index in [-0.39, 0.29) is 25.9 Å². The SMILES string of the molecule is CC/C=C\C/C=C\C/C=C\C/C=C\C/C=C\CCCCCC(=O)OC1C(OCC(COC(=O)CC/C=C\C/C=C\C/C=C\C/C=C\CC)OC(=O)CCCCCCC/C=C\C/C=C\CCC)OC(C(=O)O)C(O)C1O. The lowest BCUT2D eigenvalue weighted by molar-refractivity contribution is -0.301. The first-order valence-electron chi connectivity index (χ1n) is 28.2. The molecule has 12 heteroatoms. The van der Waals surface area contributed by atoms with Crippen LogP contribution in [0.2, 0.25) is 0 Å². The third kappa shape index (κ3) is 39.9. The van der Waals surface area contributed by atoms with Crippen molar-refractivity contribution in [3.63, 3.8) is 0 Å². The summed E-state index contributed by atoms with van der Waals surface area (Å²) in [5.74, 6) is -3.32. The molecule has 0 aliphatic carbocycles. The molecular weight excluding hydrogens is 949 g/mol. The van der Waals surface area contributed by atoms with Gasteiger partial charge in [0, 0.05) is 19.3 Å². The van der Waals surface area contributed by atoms with Gasteiger partial charge in [-0.15, -0.1) is 0 Å². The predicted octanol–water partition coefficient (Wildman–Crippen LogP) is 14.2. The minimum absolute atomic E-state index is 0.00518. The lowest BCUT2D eigenvalue weighted by Crippen LogP contribution is -2.61. The van der Waals surface area contributed by atoms with Crippen molar-refractivity contribution in [2.24, 2.45) is 0 Å². The second-order valence-corrected chi connectivity index (χ2v) is 18.4. The number of hydrogen-bond acceptors (Lipinski definition) is 11. The lowest BCUT2D eigenvalue weighted by Gasteiger charge is -2.40. The van der Waals surface area contributed by atoms with Crippen LogP contribution in [0, 0.1) is 0 Å². The molecule has 0 bridgehead atoms. The minimum atomic E-state index is -1.93. The molecule has 1 fully saturated rings. The first kappa shape index (κ1) is 67.9. The highest BCUT2D eigenvalue weighted by Gasteiger charge is 2.50. The van der Waals surface area contributed by atoms with Crippen LogP contribution in [0.5, 0.6) is 0 Å². The fraction of sp³-hybridized carbons (Fsp3) is 0.587. The molecule has 1 heterocycles. The van der Waals surface area contributed by atoms with E-state index in [1.165, 1.54) is 0 Å². The molecule has 0 amide bonds. The van der Waals surface area contributed by atoms with Crippen LogP contribution in [0.1, 0.15) is 188 Å². The Kier molecular flexibility index (Phi) is 45.0. The average Bonchev–Trinajstić information content (AvgIpc) is 3.39. The van der Waals surface area contributed by atoms with E-state index in [2.05, 4.69) is 142 Å². The summed E-state index contributed by atoms with van der Waals surface area (Å²) in [6, 6.07) is 0. The highest BCUT2D eigenvalue weighted by atomic mass is 16.7. The summed E-state index contributed by atoms with van der Waals surface area (Å²) in [4.78, 5) is 51.0. The minimum Gasteiger partial charge on any atom is -0.479 e. The lowest BCUT2D eigenvalue weighted by atomic mass is 9.98. The highest BCUT2D eigenvalue weighted by Crippen LogP contribution is 2.26. The zero-order chi connectivity index (χ0) is 54.7. The molecule has 12 nitrogen and oxygen atoms in total. The van der Waals surface area contributed by atoms with Gasteiger partial charge in [-0.1, -0.05) is 187 Å². The number of carbonyl (C=O) groups is 4. The van der Waals surface area contributed by atoms with Gasteiger partial charge in [0.2, 0.25) is 0 Å². The fourth-order valence-electron chi connectivity index (χ4n) is 7.44. The number of esters is 3. The Hall–Kier alpha value is -5.14. The van der Waals surface area contributed by atoms with E-state index in [1.54, 1.807) is 0 Å². The maximum Gasteiger partial charge on any atom is 0.335 e. The van der Waals surface area contributed by atoms with Crippen LogP contribution in [0.3, 0.4) is 0 Å². The monoisotopic (exact) mass is 1040 g/mol. The zero-order valence-electron chi connectivity index (χ0n) is 46.0. The van der Waals surface area contributed by atoms with Gasteiger partial charge in [0.05, 0.1) is 6.61 Å². The molecule has 1 aliphatic heterocycles. The van der Waals surface area contributed by atoms with Gasteiger partial charge >= 0.3 is 23.9 Å². The van der Waals surface area contributed by atoms with Gasteiger partial charge in [0.1, 0.15) is 18.8 Å². The van der Waals surface area contributed by atoms with Crippen molar-refractivity contribution in [3.8, 4) is 0 Å². The Morgan fingerprint density at radius 2 is 0.867 bits per heavy atom. The molecule has 0 aromatic rings. The van der Waals surface area contributed by atoms with Crippen LogP contribution in [0.25, 0.3) is 0 Å². The van der Waals surface area contributed by atoms with Gasteiger partial charge in [-0.2, -0.15) is 0 Å².